The number of ether oxygens (including phenoxy) is 3. The number of carbonyl (C=O) groups is 2. The number of hydrogen-bond donors (Lipinski definition) is 0. The molecule has 1 aromatic rings. The smallest absolute Gasteiger partial charge is 0.308 e. The maximum atomic E-state index is 12.7. The molecule has 6 nitrogen and oxygen atoms in total. The van der Waals surface area contributed by atoms with Gasteiger partial charge in [0.05, 0.1) is 5.41 Å². The van der Waals surface area contributed by atoms with Crippen molar-refractivity contribution in [3.8, 4) is 11.5 Å². The molecule has 3 heterocycles. The van der Waals surface area contributed by atoms with E-state index in [0.29, 0.717) is 18.2 Å². The van der Waals surface area contributed by atoms with Crippen LogP contribution in [0.1, 0.15) is 24.5 Å². The SMILES string of the molecule is CC(=O)Oc1ccc2c3c1O[C@H]1C(=O)C=C[C@]45OCN(CC[C@]314)[C@@H]5C2. The van der Waals surface area contributed by atoms with Crippen molar-refractivity contribution in [2.75, 3.05) is 13.3 Å². The lowest BCUT2D eigenvalue weighted by molar-refractivity contribution is -0.135. The number of piperidine rings is 1. The van der Waals surface area contributed by atoms with Crippen LogP contribution in [-0.2, 0) is 26.2 Å². The molecule has 1 unspecified atom stereocenters. The Bertz CT molecular complexity index is 892. The predicted octanol–water partition coefficient (Wildman–Crippen LogP) is 1.11. The Hall–Kier alpha value is -2.18. The molecule has 0 aromatic heterocycles. The van der Waals surface area contributed by atoms with Crippen LogP contribution in [0.3, 0.4) is 0 Å². The molecule has 0 saturated carbocycles. The van der Waals surface area contributed by atoms with E-state index < -0.39 is 23.1 Å². The van der Waals surface area contributed by atoms with Crippen LogP contribution in [0.15, 0.2) is 24.3 Å². The van der Waals surface area contributed by atoms with Crippen molar-refractivity contribution >= 4 is 11.8 Å². The lowest BCUT2D eigenvalue weighted by Crippen LogP contribution is -2.71. The van der Waals surface area contributed by atoms with Gasteiger partial charge < -0.3 is 14.2 Å². The molecule has 2 saturated heterocycles. The summed E-state index contributed by atoms with van der Waals surface area (Å²) < 4.78 is 17.9. The summed E-state index contributed by atoms with van der Waals surface area (Å²) in [7, 11) is 0. The average Bonchev–Trinajstić information content (AvgIpc) is 3.04. The van der Waals surface area contributed by atoms with Crippen LogP contribution in [0, 0.1) is 0 Å². The first-order chi connectivity index (χ1) is 12.1. The lowest BCUT2D eigenvalue weighted by atomic mass is 9.51. The van der Waals surface area contributed by atoms with Gasteiger partial charge in [0.15, 0.2) is 23.4 Å². The Morgan fingerprint density at radius 3 is 3.12 bits per heavy atom. The molecule has 0 N–H and O–H groups in total. The summed E-state index contributed by atoms with van der Waals surface area (Å²) in [6, 6.07) is 4.02. The molecular formula is C19H17NO5. The van der Waals surface area contributed by atoms with E-state index in [2.05, 4.69) is 4.90 Å². The quantitative estimate of drug-likeness (QED) is 0.564. The predicted molar refractivity (Wildman–Crippen MR) is 85.5 cm³/mol. The van der Waals surface area contributed by atoms with E-state index in [1.165, 1.54) is 12.5 Å². The van der Waals surface area contributed by atoms with E-state index in [9.17, 15) is 9.59 Å². The Kier molecular flexibility index (Phi) is 2.32. The van der Waals surface area contributed by atoms with Gasteiger partial charge in [-0.05, 0) is 36.6 Å². The number of ketones is 1. The van der Waals surface area contributed by atoms with Gasteiger partial charge in [0.1, 0.15) is 12.3 Å². The maximum absolute atomic E-state index is 12.7. The molecule has 3 aliphatic heterocycles. The fourth-order valence-electron chi connectivity index (χ4n) is 5.82. The van der Waals surface area contributed by atoms with Crippen molar-refractivity contribution in [1.29, 1.82) is 0 Å². The second kappa shape index (κ2) is 4.14. The summed E-state index contributed by atoms with van der Waals surface area (Å²) in [6.45, 7) is 2.83. The maximum Gasteiger partial charge on any atom is 0.308 e. The van der Waals surface area contributed by atoms with Crippen molar-refractivity contribution in [3.63, 3.8) is 0 Å². The zero-order valence-electron chi connectivity index (χ0n) is 13.8. The number of carbonyl (C=O) groups excluding carboxylic acids is 2. The minimum Gasteiger partial charge on any atom is -0.477 e. The highest BCUT2D eigenvalue weighted by atomic mass is 16.6. The normalized spacial score (nSPS) is 41.3. The van der Waals surface area contributed by atoms with Crippen LogP contribution in [0.25, 0.3) is 0 Å². The molecule has 6 rings (SSSR count). The molecule has 6 heteroatoms. The van der Waals surface area contributed by atoms with E-state index >= 15 is 0 Å². The summed E-state index contributed by atoms with van der Waals surface area (Å²) >= 11 is 0. The summed E-state index contributed by atoms with van der Waals surface area (Å²) in [5.74, 6) is 0.520. The van der Waals surface area contributed by atoms with Crippen LogP contribution in [-0.4, -0.2) is 47.7 Å². The van der Waals surface area contributed by atoms with Crippen LogP contribution >= 0.6 is 0 Å². The molecule has 5 atom stereocenters. The van der Waals surface area contributed by atoms with Gasteiger partial charge in [0.2, 0.25) is 0 Å². The monoisotopic (exact) mass is 339 g/mol. The lowest BCUT2D eigenvalue weighted by Gasteiger charge is -2.57. The molecule has 2 spiro atoms. The van der Waals surface area contributed by atoms with Crippen LogP contribution in [0.5, 0.6) is 11.5 Å². The van der Waals surface area contributed by atoms with E-state index in [4.69, 9.17) is 14.2 Å². The van der Waals surface area contributed by atoms with Gasteiger partial charge in [-0.3, -0.25) is 14.5 Å². The summed E-state index contributed by atoms with van der Waals surface area (Å²) in [5, 5.41) is 0. The van der Waals surface area contributed by atoms with Crippen molar-refractivity contribution in [1.82, 2.24) is 4.90 Å². The van der Waals surface area contributed by atoms with E-state index in [1.54, 1.807) is 12.1 Å². The first kappa shape index (κ1) is 14.0. The number of rotatable bonds is 1. The highest BCUT2D eigenvalue weighted by molar-refractivity contribution is 5.99. The Labute approximate surface area is 144 Å². The van der Waals surface area contributed by atoms with Crippen LogP contribution in [0.2, 0.25) is 0 Å². The fraction of sp³-hybridized carbons (Fsp3) is 0.474. The number of hydrogen-bond acceptors (Lipinski definition) is 6. The van der Waals surface area contributed by atoms with E-state index in [-0.39, 0.29) is 11.8 Å². The molecule has 5 aliphatic rings. The van der Waals surface area contributed by atoms with Crippen LogP contribution < -0.4 is 9.47 Å². The Morgan fingerprint density at radius 2 is 2.28 bits per heavy atom. The van der Waals surface area contributed by atoms with Gasteiger partial charge in [-0.1, -0.05) is 6.07 Å². The van der Waals surface area contributed by atoms with Gasteiger partial charge >= 0.3 is 5.97 Å². The number of benzene rings is 1. The molecular weight excluding hydrogens is 322 g/mol. The fourth-order valence-corrected chi connectivity index (χ4v) is 5.82. The van der Waals surface area contributed by atoms with Gasteiger partial charge in [-0.15, -0.1) is 0 Å². The first-order valence-corrected chi connectivity index (χ1v) is 8.69. The summed E-state index contributed by atoms with van der Waals surface area (Å²) in [4.78, 5) is 26.6. The minimum absolute atomic E-state index is 0.0360. The highest BCUT2D eigenvalue weighted by Gasteiger charge is 2.75. The third-order valence-electron chi connectivity index (χ3n) is 6.65. The molecule has 0 amide bonds. The third-order valence-corrected chi connectivity index (χ3v) is 6.65. The van der Waals surface area contributed by atoms with Gasteiger partial charge in [0, 0.05) is 25.1 Å². The molecule has 128 valence electrons. The number of nitrogens with zero attached hydrogens (tertiary/aromatic N) is 1. The van der Waals surface area contributed by atoms with Gasteiger partial charge in [0.25, 0.3) is 0 Å². The van der Waals surface area contributed by atoms with Gasteiger partial charge in [-0.25, -0.2) is 0 Å². The van der Waals surface area contributed by atoms with Crippen molar-refractivity contribution in [3.05, 3.63) is 35.4 Å². The minimum atomic E-state index is -0.606. The Balaban J connectivity index is 1.68. The van der Waals surface area contributed by atoms with Gasteiger partial charge in [-0.2, -0.15) is 0 Å². The second-order valence-corrected chi connectivity index (χ2v) is 7.57. The summed E-state index contributed by atoms with van der Waals surface area (Å²) in [6.07, 6.45) is 4.63. The average molecular weight is 339 g/mol. The molecule has 0 radical (unpaired) electrons. The zero-order chi connectivity index (χ0) is 17.0. The largest absolute Gasteiger partial charge is 0.477 e. The first-order valence-electron chi connectivity index (χ1n) is 8.69. The van der Waals surface area contributed by atoms with E-state index in [0.717, 1.165) is 24.9 Å². The second-order valence-electron chi connectivity index (χ2n) is 7.57. The van der Waals surface area contributed by atoms with E-state index in [1.807, 2.05) is 12.1 Å². The standard InChI is InChI=1S/C19H17NO5/c1-10(21)24-13-3-2-11-8-14-19-5-4-12(22)17-18(19,15(11)16(13)25-17)6-7-20(14)9-23-19/h2-5,14,17H,6-9H2,1H3/t14-,17+,18+,19-/m1/s1. The Morgan fingerprint density at radius 1 is 1.40 bits per heavy atom. The van der Waals surface area contributed by atoms with Crippen molar-refractivity contribution in [2.45, 2.75) is 42.9 Å². The zero-order valence-corrected chi connectivity index (χ0v) is 13.8. The van der Waals surface area contributed by atoms with Crippen molar-refractivity contribution in [2.24, 2.45) is 0 Å². The molecule has 2 fully saturated rings. The summed E-state index contributed by atoms with van der Waals surface area (Å²) in [5.41, 5.74) is 1.14. The number of esters is 1. The topological polar surface area (TPSA) is 65.1 Å². The molecule has 4 bridgehead atoms. The molecule has 25 heavy (non-hydrogen) atoms. The highest BCUT2D eigenvalue weighted by Crippen LogP contribution is 2.66. The third kappa shape index (κ3) is 1.35. The molecule has 2 aliphatic carbocycles. The van der Waals surface area contributed by atoms with Crippen molar-refractivity contribution < 1.29 is 23.8 Å². The molecule has 1 aromatic carbocycles. The van der Waals surface area contributed by atoms with Crippen LogP contribution in [0.4, 0.5) is 0 Å².